The van der Waals surface area contributed by atoms with Gasteiger partial charge in [0.25, 0.3) is 0 Å². The summed E-state index contributed by atoms with van der Waals surface area (Å²) >= 11 is 0. The maximum atomic E-state index is 11.2. The zero-order valence-electron chi connectivity index (χ0n) is 10.5. The van der Waals surface area contributed by atoms with Gasteiger partial charge in [-0.15, -0.1) is 0 Å². The average Bonchev–Trinajstić information content (AvgIpc) is 2.45. The highest BCUT2D eigenvalue weighted by Crippen LogP contribution is 2.07. The predicted molar refractivity (Wildman–Crippen MR) is 73.0 cm³/mol. The van der Waals surface area contributed by atoms with Crippen molar-refractivity contribution in [2.75, 3.05) is 0 Å². The molecule has 2 aromatic carbocycles. The van der Waals surface area contributed by atoms with Crippen molar-refractivity contribution < 1.29 is 9.63 Å². The highest BCUT2D eigenvalue weighted by atomic mass is 16.6. The van der Waals surface area contributed by atoms with E-state index in [0.29, 0.717) is 18.7 Å². The van der Waals surface area contributed by atoms with Crippen LogP contribution in [0.15, 0.2) is 54.6 Å². The van der Waals surface area contributed by atoms with E-state index in [-0.39, 0.29) is 0 Å². The third-order valence-electron chi connectivity index (χ3n) is 2.73. The molecule has 0 aliphatic rings. The van der Waals surface area contributed by atoms with Crippen molar-refractivity contribution in [3.8, 4) is 0 Å². The van der Waals surface area contributed by atoms with Gasteiger partial charge in [-0.05, 0) is 17.2 Å². The molecule has 0 aromatic heterocycles. The highest BCUT2D eigenvalue weighted by molar-refractivity contribution is 5.94. The fourth-order valence-corrected chi connectivity index (χ4v) is 1.75. The number of primary amides is 1. The molecule has 0 spiro atoms. The minimum atomic E-state index is -0.430. The molecule has 2 aromatic rings. The number of rotatable bonds is 6. The first-order chi connectivity index (χ1) is 9.27. The summed E-state index contributed by atoms with van der Waals surface area (Å²) in [6, 6.07) is 17.0. The molecular formula is C15H16N2O2. The van der Waals surface area contributed by atoms with Crippen molar-refractivity contribution >= 4 is 5.91 Å². The number of carbonyl (C=O) groups excluding carboxylic acids is 1. The number of hydroxylamine groups is 1. The lowest BCUT2D eigenvalue weighted by Gasteiger charge is -2.08. The maximum Gasteiger partial charge on any atom is 0.249 e. The minimum absolute atomic E-state index is 0.430. The third kappa shape index (κ3) is 3.91. The Kier molecular flexibility index (Phi) is 4.66. The van der Waals surface area contributed by atoms with Gasteiger partial charge in [0.15, 0.2) is 0 Å². The molecular weight excluding hydrogens is 240 g/mol. The van der Waals surface area contributed by atoms with Crippen LogP contribution in [0.25, 0.3) is 0 Å². The Labute approximate surface area is 112 Å². The Morgan fingerprint density at radius 3 is 2.47 bits per heavy atom. The first-order valence-corrected chi connectivity index (χ1v) is 6.03. The second-order valence-corrected chi connectivity index (χ2v) is 4.12. The number of benzene rings is 2. The molecule has 0 saturated carbocycles. The zero-order chi connectivity index (χ0) is 13.5. The molecule has 0 bridgehead atoms. The summed E-state index contributed by atoms with van der Waals surface area (Å²) in [6.07, 6.45) is 0. The van der Waals surface area contributed by atoms with E-state index < -0.39 is 5.91 Å². The largest absolute Gasteiger partial charge is 0.366 e. The van der Waals surface area contributed by atoms with Gasteiger partial charge >= 0.3 is 0 Å². The Bertz CT molecular complexity index is 541. The summed E-state index contributed by atoms with van der Waals surface area (Å²) in [5.74, 6) is -0.430. The molecule has 0 unspecified atom stereocenters. The van der Waals surface area contributed by atoms with Crippen LogP contribution in [0.1, 0.15) is 21.5 Å². The van der Waals surface area contributed by atoms with Crippen molar-refractivity contribution in [1.82, 2.24) is 5.48 Å². The predicted octanol–water partition coefficient (Wildman–Crippen LogP) is 2.01. The van der Waals surface area contributed by atoms with Crippen LogP contribution in [0.2, 0.25) is 0 Å². The van der Waals surface area contributed by atoms with Crippen LogP contribution < -0.4 is 11.2 Å². The summed E-state index contributed by atoms with van der Waals surface area (Å²) in [7, 11) is 0. The summed E-state index contributed by atoms with van der Waals surface area (Å²) in [6.45, 7) is 0.908. The molecule has 4 nitrogen and oxygen atoms in total. The molecule has 0 aliphatic carbocycles. The van der Waals surface area contributed by atoms with Crippen LogP contribution in [-0.4, -0.2) is 5.91 Å². The Morgan fingerprint density at radius 1 is 1.05 bits per heavy atom. The van der Waals surface area contributed by atoms with Crippen LogP contribution >= 0.6 is 0 Å². The average molecular weight is 256 g/mol. The fourth-order valence-electron chi connectivity index (χ4n) is 1.75. The first kappa shape index (κ1) is 13.3. The van der Waals surface area contributed by atoms with E-state index >= 15 is 0 Å². The van der Waals surface area contributed by atoms with Gasteiger partial charge in [0, 0.05) is 12.1 Å². The number of hydrogen-bond donors (Lipinski definition) is 2. The van der Waals surface area contributed by atoms with E-state index in [1.807, 2.05) is 42.5 Å². The second kappa shape index (κ2) is 6.68. The molecule has 2 rings (SSSR count). The Morgan fingerprint density at radius 2 is 1.74 bits per heavy atom. The summed E-state index contributed by atoms with van der Waals surface area (Å²) in [4.78, 5) is 16.6. The highest BCUT2D eigenvalue weighted by Gasteiger charge is 2.06. The monoisotopic (exact) mass is 256 g/mol. The van der Waals surface area contributed by atoms with Crippen LogP contribution in [0.4, 0.5) is 0 Å². The van der Waals surface area contributed by atoms with Gasteiger partial charge in [-0.25, -0.2) is 0 Å². The van der Waals surface area contributed by atoms with E-state index in [1.165, 1.54) is 0 Å². The molecule has 19 heavy (non-hydrogen) atoms. The number of nitrogens with one attached hydrogen (secondary N) is 1. The quantitative estimate of drug-likeness (QED) is 0.614. The normalized spacial score (nSPS) is 10.3. The van der Waals surface area contributed by atoms with Gasteiger partial charge in [0.2, 0.25) is 5.91 Å². The van der Waals surface area contributed by atoms with Crippen LogP contribution in [0.5, 0.6) is 0 Å². The molecule has 0 atom stereocenters. The maximum absolute atomic E-state index is 11.2. The van der Waals surface area contributed by atoms with Gasteiger partial charge in [0.05, 0.1) is 6.61 Å². The van der Waals surface area contributed by atoms with Crippen molar-refractivity contribution in [2.24, 2.45) is 5.73 Å². The molecule has 0 fully saturated rings. The number of amides is 1. The van der Waals surface area contributed by atoms with E-state index in [1.54, 1.807) is 12.1 Å². The Hall–Kier alpha value is -2.17. The topological polar surface area (TPSA) is 64.4 Å². The molecule has 98 valence electrons. The minimum Gasteiger partial charge on any atom is -0.366 e. The van der Waals surface area contributed by atoms with E-state index in [9.17, 15) is 4.79 Å². The van der Waals surface area contributed by atoms with Gasteiger partial charge in [-0.1, -0.05) is 48.5 Å². The number of nitrogens with two attached hydrogens (primary N) is 1. The molecule has 0 heterocycles. The van der Waals surface area contributed by atoms with Crippen molar-refractivity contribution in [3.05, 3.63) is 71.3 Å². The van der Waals surface area contributed by atoms with Gasteiger partial charge in [0.1, 0.15) is 0 Å². The van der Waals surface area contributed by atoms with Crippen LogP contribution in [0, 0.1) is 0 Å². The summed E-state index contributed by atoms with van der Waals surface area (Å²) in [5.41, 5.74) is 10.6. The molecule has 0 radical (unpaired) electrons. The smallest absolute Gasteiger partial charge is 0.249 e. The van der Waals surface area contributed by atoms with Crippen molar-refractivity contribution in [2.45, 2.75) is 13.2 Å². The van der Waals surface area contributed by atoms with Crippen molar-refractivity contribution in [3.63, 3.8) is 0 Å². The van der Waals surface area contributed by atoms with Gasteiger partial charge < -0.3 is 5.73 Å². The number of carbonyl (C=O) groups is 1. The molecule has 1 amide bonds. The van der Waals surface area contributed by atoms with E-state index in [4.69, 9.17) is 10.6 Å². The zero-order valence-corrected chi connectivity index (χ0v) is 10.5. The van der Waals surface area contributed by atoms with E-state index in [0.717, 1.165) is 11.1 Å². The molecule has 0 aliphatic heterocycles. The summed E-state index contributed by atoms with van der Waals surface area (Å²) in [5, 5.41) is 0. The first-order valence-electron chi connectivity index (χ1n) is 6.03. The lowest BCUT2D eigenvalue weighted by molar-refractivity contribution is 0.0234. The Balaban J connectivity index is 1.85. The number of hydrogen-bond acceptors (Lipinski definition) is 3. The lowest BCUT2D eigenvalue weighted by atomic mass is 10.1. The van der Waals surface area contributed by atoms with Gasteiger partial charge in [-0.3, -0.25) is 9.63 Å². The lowest BCUT2D eigenvalue weighted by Crippen LogP contribution is -2.19. The van der Waals surface area contributed by atoms with E-state index in [2.05, 4.69) is 5.48 Å². The standard InChI is InChI=1S/C15H16N2O2/c16-15(18)14-9-5-4-8-13(14)10-17-19-11-12-6-2-1-3-7-12/h1-9,17H,10-11H2,(H2,16,18). The summed E-state index contributed by atoms with van der Waals surface area (Å²) < 4.78 is 0. The third-order valence-corrected chi connectivity index (χ3v) is 2.73. The van der Waals surface area contributed by atoms with Crippen LogP contribution in [-0.2, 0) is 18.0 Å². The van der Waals surface area contributed by atoms with Gasteiger partial charge in [-0.2, -0.15) is 5.48 Å². The molecule has 0 saturated heterocycles. The second-order valence-electron chi connectivity index (χ2n) is 4.12. The van der Waals surface area contributed by atoms with Crippen LogP contribution in [0.3, 0.4) is 0 Å². The van der Waals surface area contributed by atoms with Crippen molar-refractivity contribution in [1.29, 1.82) is 0 Å². The molecule has 3 N–H and O–H groups in total. The fraction of sp³-hybridized carbons (Fsp3) is 0.133. The SMILES string of the molecule is NC(=O)c1ccccc1CNOCc1ccccc1. The molecule has 4 heteroatoms.